The number of hydrogen-bond donors (Lipinski definition) is 1. The standard InChI is InChI=1S/C19H23N/c1-14-10-12-16(13-11-14)19(20-2)18-9-4-3-8-17(18)15-6-5-7-15/h3-4,8-13,15,19-20H,5-7H2,1-2H3. The lowest BCUT2D eigenvalue weighted by atomic mass is 9.76. The predicted octanol–water partition coefficient (Wildman–Crippen LogP) is 4.57. The lowest BCUT2D eigenvalue weighted by molar-refractivity contribution is 0.415. The molecule has 1 heteroatoms. The fourth-order valence-corrected chi connectivity index (χ4v) is 3.13. The summed E-state index contributed by atoms with van der Waals surface area (Å²) in [5, 5.41) is 3.50. The molecule has 0 spiro atoms. The van der Waals surface area contributed by atoms with Crippen LogP contribution in [-0.4, -0.2) is 7.05 Å². The van der Waals surface area contributed by atoms with Crippen LogP contribution in [0.4, 0.5) is 0 Å². The van der Waals surface area contributed by atoms with Gasteiger partial charge in [0.25, 0.3) is 0 Å². The van der Waals surface area contributed by atoms with E-state index in [0.717, 1.165) is 5.92 Å². The van der Waals surface area contributed by atoms with E-state index in [1.165, 1.54) is 36.0 Å². The lowest BCUT2D eigenvalue weighted by Crippen LogP contribution is -2.21. The molecule has 1 aliphatic carbocycles. The van der Waals surface area contributed by atoms with E-state index >= 15 is 0 Å². The summed E-state index contributed by atoms with van der Waals surface area (Å²) in [5.74, 6) is 0.771. The average molecular weight is 265 g/mol. The molecule has 1 N–H and O–H groups in total. The molecule has 3 rings (SSSR count). The van der Waals surface area contributed by atoms with Gasteiger partial charge in [0.15, 0.2) is 0 Å². The van der Waals surface area contributed by atoms with Crippen LogP contribution in [0.15, 0.2) is 48.5 Å². The van der Waals surface area contributed by atoms with Gasteiger partial charge in [-0.05, 0) is 49.4 Å². The third-order valence-electron chi connectivity index (χ3n) is 4.55. The molecule has 20 heavy (non-hydrogen) atoms. The van der Waals surface area contributed by atoms with E-state index in [9.17, 15) is 0 Å². The Kier molecular flexibility index (Phi) is 3.88. The molecule has 2 aromatic carbocycles. The van der Waals surface area contributed by atoms with Crippen LogP contribution >= 0.6 is 0 Å². The van der Waals surface area contributed by atoms with Crippen molar-refractivity contribution in [3.8, 4) is 0 Å². The van der Waals surface area contributed by atoms with Gasteiger partial charge >= 0.3 is 0 Å². The summed E-state index contributed by atoms with van der Waals surface area (Å²) in [6.07, 6.45) is 4.08. The molecule has 1 saturated carbocycles. The molecule has 0 radical (unpaired) electrons. The number of rotatable bonds is 4. The molecule has 1 fully saturated rings. The number of aryl methyl sites for hydroxylation is 1. The summed E-state index contributed by atoms with van der Waals surface area (Å²) in [7, 11) is 2.06. The summed E-state index contributed by atoms with van der Waals surface area (Å²) in [6, 6.07) is 18.1. The number of benzene rings is 2. The van der Waals surface area contributed by atoms with E-state index in [4.69, 9.17) is 0 Å². The third-order valence-corrected chi connectivity index (χ3v) is 4.55. The van der Waals surface area contributed by atoms with Crippen molar-refractivity contribution in [3.05, 3.63) is 70.8 Å². The van der Waals surface area contributed by atoms with Gasteiger partial charge in [0.2, 0.25) is 0 Å². The highest BCUT2D eigenvalue weighted by molar-refractivity contribution is 5.40. The van der Waals surface area contributed by atoms with Crippen LogP contribution in [0, 0.1) is 6.92 Å². The van der Waals surface area contributed by atoms with E-state index in [2.05, 4.69) is 67.8 Å². The molecule has 1 unspecified atom stereocenters. The second-order valence-corrected chi connectivity index (χ2v) is 5.89. The highest BCUT2D eigenvalue weighted by Crippen LogP contribution is 2.40. The topological polar surface area (TPSA) is 12.0 Å². The largest absolute Gasteiger partial charge is 0.309 e. The molecule has 1 aliphatic rings. The van der Waals surface area contributed by atoms with Gasteiger partial charge in [-0.3, -0.25) is 0 Å². The molecule has 0 bridgehead atoms. The van der Waals surface area contributed by atoms with Crippen LogP contribution in [-0.2, 0) is 0 Å². The Morgan fingerprint density at radius 1 is 1.00 bits per heavy atom. The maximum absolute atomic E-state index is 3.50. The first-order chi connectivity index (χ1) is 9.79. The van der Waals surface area contributed by atoms with Gasteiger partial charge in [-0.25, -0.2) is 0 Å². The lowest BCUT2D eigenvalue weighted by Gasteiger charge is -2.30. The number of hydrogen-bond acceptors (Lipinski definition) is 1. The molecule has 104 valence electrons. The summed E-state index contributed by atoms with van der Waals surface area (Å²) in [5.41, 5.74) is 5.66. The first-order valence-electron chi connectivity index (χ1n) is 7.62. The van der Waals surface area contributed by atoms with E-state index < -0.39 is 0 Å². The highest BCUT2D eigenvalue weighted by Gasteiger charge is 2.24. The van der Waals surface area contributed by atoms with Crippen molar-refractivity contribution in [2.75, 3.05) is 7.05 Å². The monoisotopic (exact) mass is 265 g/mol. The molecule has 0 heterocycles. The van der Waals surface area contributed by atoms with Gasteiger partial charge in [-0.1, -0.05) is 60.5 Å². The molecule has 0 saturated heterocycles. The van der Waals surface area contributed by atoms with E-state index in [0.29, 0.717) is 6.04 Å². The van der Waals surface area contributed by atoms with Gasteiger partial charge in [0.05, 0.1) is 6.04 Å². The second kappa shape index (κ2) is 5.80. The molecule has 0 aliphatic heterocycles. The van der Waals surface area contributed by atoms with Gasteiger partial charge in [-0.2, -0.15) is 0 Å². The Balaban J connectivity index is 1.98. The van der Waals surface area contributed by atoms with Crippen molar-refractivity contribution in [1.82, 2.24) is 5.32 Å². The minimum absolute atomic E-state index is 0.299. The first-order valence-corrected chi connectivity index (χ1v) is 7.62. The van der Waals surface area contributed by atoms with Crippen LogP contribution in [0.1, 0.15) is 53.5 Å². The first kappa shape index (κ1) is 13.4. The van der Waals surface area contributed by atoms with Crippen molar-refractivity contribution >= 4 is 0 Å². The fraction of sp³-hybridized carbons (Fsp3) is 0.368. The minimum atomic E-state index is 0.299. The molecule has 0 amide bonds. The molecular formula is C19H23N. The zero-order valence-electron chi connectivity index (χ0n) is 12.4. The van der Waals surface area contributed by atoms with Gasteiger partial charge in [-0.15, -0.1) is 0 Å². The quantitative estimate of drug-likeness (QED) is 0.853. The van der Waals surface area contributed by atoms with E-state index in [-0.39, 0.29) is 0 Å². The predicted molar refractivity (Wildman–Crippen MR) is 85.1 cm³/mol. The molecule has 1 nitrogen and oxygen atoms in total. The Hall–Kier alpha value is -1.60. The molecule has 0 aromatic heterocycles. The Bertz CT molecular complexity index is 567. The van der Waals surface area contributed by atoms with Crippen LogP contribution in [0.2, 0.25) is 0 Å². The Morgan fingerprint density at radius 2 is 1.70 bits per heavy atom. The van der Waals surface area contributed by atoms with E-state index in [1.807, 2.05) is 0 Å². The zero-order valence-corrected chi connectivity index (χ0v) is 12.4. The Morgan fingerprint density at radius 3 is 2.30 bits per heavy atom. The van der Waals surface area contributed by atoms with Gasteiger partial charge in [0, 0.05) is 0 Å². The van der Waals surface area contributed by atoms with Crippen molar-refractivity contribution in [3.63, 3.8) is 0 Å². The van der Waals surface area contributed by atoms with Crippen LogP contribution in [0.25, 0.3) is 0 Å². The van der Waals surface area contributed by atoms with E-state index in [1.54, 1.807) is 5.56 Å². The summed E-state index contributed by atoms with van der Waals surface area (Å²) in [6.45, 7) is 2.14. The second-order valence-electron chi connectivity index (χ2n) is 5.89. The molecular weight excluding hydrogens is 242 g/mol. The van der Waals surface area contributed by atoms with Gasteiger partial charge < -0.3 is 5.32 Å². The molecule has 1 atom stereocenters. The number of nitrogens with one attached hydrogen (secondary N) is 1. The van der Waals surface area contributed by atoms with Crippen LogP contribution < -0.4 is 5.32 Å². The maximum Gasteiger partial charge on any atom is 0.0577 e. The average Bonchev–Trinajstić information content (AvgIpc) is 2.41. The summed E-state index contributed by atoms with van der Waals surface area (Å²) in [4.78, 5) is 0. The Labute approximate surface area is 122 Å². The SMILES string of the molecule is CNC(c1ccc(C)cc1)c1ccccc1C1CCC1. The van der Waals surface area contributed by atoms with Crippen molar-refractivity contribution in [2.24, 2.45) is 0 Å². The summed E-state index contributed by atoms with van der Waals surface area (Å²) >= 11 is 0. The summed E-state index contributed by atoms with van der Waals surface area (Å²) < 4.78 is 0. The van der Waals surface area contributed by atoms with Gasteiger partial charge in [0.1, 0.15) is 0 Å². The molecule has 2 aromatic rings. The minimum Gasteiger partial charge on any atom is -0.309 e. The maximum atomic E-state index is 3.50. The third kappa shape index (κ3) is 2.51. The van der Waals surface area contributed by atoms with Crippen LogP contribution in [0.3, 0.4) is 0 Å². The van der Waals surface area contributed by atoms with Crippen molar-refractivity contribution in [1.29, 1.82) is 0 Å². The highest BCUT2D eigenvalue weighted by atomic mass is 14.9. The van der Waals surface area contributed by atoms with Crippen molar-refractivity contribution in [2.45, 2.75) is 38.1 Å². The van der Waals surface area contributed by atoms with Crippen LogP contribution in [0.5, 0.6) is 0 Å². The normalized spacial score (nSPS) is 16.7. The zero-order chi connectivity index (χ0) is 13.9. The smallest absolute Gasteiger partial charge is 0.0577 e. The van der Waals surface area contributed by atoms with Crippen molar-refractivity contribution < 1.29 is 0 Å². The fourth-order valence-electron chi connectivity index (χ4n) is 3.13.